The van der Waals surface area contributed by atoms with Crippen LogP contribution in [0.15, 0.2) is 77.8 Å². The molecule has 0 aliphatic heterocycles. The molecule has 0 atom stereocenters. The molecule has 0 fully saturated rings. The summed E-state index contributed by atoms with van der Waals surface area (Å²) >= 11 is 0. The van der Waals surface area contributed by atoms with Gasteiger partial charge in [0, 0.05) is 56.2 Å². The summed E-state index contributed by atoms with van der Waals surface area (Å²) < 4.78 is 5.53. The van der Waals surface area contributed by atoms with Crippen LogP contribution in [0.4, 0.5) is 0 Å². The average Bonchev–Trinajstić information content (AvgIpc) is 3.36. The number of hydrogen-bond donors (Lipinski definition) is 0. The van der Waals surface area contributed by atoms with Crippen molar-refractivity contribution in [1.29, 1.82) is 0 Å². The summed E-state index contributed by atoms with van der Waals surface area (Å²) in [6.45, 7) is 10.5. The van der Waals surface area contributed by atoms with Crippen LogP contribution in [0.5, 0.6) is 0 Å². The minimum atomic E-state index is 0. The van der Waals surface area contributed by atoms with E-state index in [1.54, 1.807) is 12.5 Å². The van der Waals surface area contributed by atoms with Crippen LogP contribution < -0.4 is 0 Å². The molecule has 4 nitrogen and oxygen atoms in total. The first-order valence-corrected chi connectivity index (χ1v) is 11.9. The zero-order valence-electron chi connectivity index (χ0n) is 21.5. The van der Waals surface area contributed by atoms with Gasteiger partial charge in [-0.25, -0.2) is 0 Å². The molecule has 0 amide bonds. The van der Waals surface area contributed by atoms with Crippen molar-refractivity contribution in [2.45, 2.75) is 34.6 Å². The van der Waals surface area contributed by atoms with Gasteiger partial charge in [-0.3, -0.25) is 9.97 Å². The molecular weight excluding hydrogens is 635 g/mol. The van der Waals surface area contributed by atoms with E-state index in [1.807, 2.05) is 42.7 Å². The predicted octanol–water partition coefficient (Wildman–Crippen LogP) is 7.93. The molecule has 0 spiro atoms. The molecular formula is C32H27IrN3O-2. The van der Waals surface area contributed by atoms with Crippen molar-refractivity contribution in [3.8, 4) is 22.5 Å². The number of furan rings is 1. The molecule has 4 aromatic heterocycles. The molecule has 0 N–H and O–H groups in total. The Labute approximate surface area is 231 Å². The summed E-state index contributed by atoms with van der Waals surface area (Å²) in [5.74, 6) is 0. The van der Waals surface area contributed by atoms with Crippen LogP contribution in [-0.4, -0.2) is 15.0 Å². The van der Waals surface area contributed by atoms with Crippen molar-refractivity contribution < 1.29 is 24.5 Å². The van der Waals surface area contributed by atoms with Gasteiger partial charge in [-0.2, -0.15) is 0 Å². The first kappa shape index (κ1) is 26.4. The number of aryl methyl sites for hydroxylation is 5. The van der Waals surface area contributed by atoms with E-state index in [0.29, 0.717) is 0 Å². The van der Waals surface area contributed by atoms with Gasteiger partial charge in [0.1, 0.15) is 0 Å². The Bertz CT molecular complexity index is 1650. The van der Waals surface area contributed by atoms with Crippen molar-refractivity contribution in [2.75, 3.05) is 0 Å². The molecule has 2 aromatic carbocycles. The van der Waals surface area contributed by atoms with Crippen LogP contribution in [0, 0.1) is 46.8 Å². The van der Waals surface area contributed by atoms with Crippen LogP contribution in [0.25, 0.3) is 44.4 Å². The van der Waals surface area contributed by atoms with Crippen LogP contribution in [0.2, 0.25) is 0 Å². The Morgan fingerprint density at radius 3 is 2.32 bits per heavy atom. The molecule has 0 unspecified atom stereocenters. The molecule has 0 aliphatic rings. The first-order valence-electron chi connectivity index (χ1n) is 11.9. The normalized spacial score (nSPS) is 10.6. The SMILES string of the molecule is Cc1c[c-]c(-c2cc(C)c(C)cn2)cc1C.Cc1ccnc(-c2[c-]c3ccoc3c3ncccc23)c1.[Ir]. The monoisotopic (exact) mass is 662 g/mol. The smallest absolute Gasteiger partial charge is 0.0847 e. The molecule has 0 bridgehead atoms. The summed E-state index contributed by atoms with van der Waals surface area (Å²) in [6.07, 6.45) is 7.19. The summed E-state index contributed by atoms with van der Waals surface area (Å²) in [5.41, 5.74) is 11.8. The third-order valence-electron chi connectivity index (χ3n) is 6.46. The van der Waals surface area contributed by atoms with E-state index in [1.165, 1.54) is 27.8 Å². The Hall–Kier alpha value is -3.66. The number of benzene rings is 2. The van der Waals surface area contributed by atoms with Gasteiger partial charge < -0.3 is 9.40 Å². The third kappa shape index (κ3) is 5.53. The van der Waals surface area contributed by atoms with Crippen LogP contribution >= 0.6 is 0 Å². The number of pyridine rings is 3. The average molecular weight is 662 g/mol. The first-order chi connectivity index (χ1) is 17.4. The minimum Gasteiger partial charge on any atom is -0.506 e. The molecule has 0 aliphatic carbocycles. The fourth-order valence-electron chi connectivity index (χ4n) is 4.05. The maximum absolute atomic E-state index is 5.53. The van der Waals surface area contributed by atoms with E-state index >= 15 is 0 Å². The number of rotatable bonds is 2. The summed E-state index contributed by atoms with van der Waals surface area (Å²) in [7, 11) is 0. The summed E-state index contributed by atoms with van der Waals surface area (Å²) in [6, 6.07) is 22.9. The van der Waals surface area contributed by atoms with E-state index in [4.69, 9.17) is 4.42 Å². The van der Waals surface area contributed by atoms with Crippen molar-refractivity contribution in [3.05, 3.63) is 113 Å². The molecule has 6 aromatic rings. The van der Waals surface area contributed by atoms with Crippen molar-refractivity contribution in [2.24, 2.45) is 0 Å². The zero-order chi connectivity index (χ0) is 25.2. The molecule has 187 valence electrons. The van der Waals surface area contributed by atoms with E-state index in [2.05, 4.69) is 79.9 Å². The second kappa shape index (κ2) is 11.2. The van der Waals surface area contributed by atoms with Gasteiger partial charge >= 0.3 is 0 Å². The number of aromatic nitrogens is 3. The number of nitrogens with zero attached hydrogens (tertiary/aromatic N) is 3. The number of hydrogen-bond acceptors (Lipinski definition) is 4. The Balaban J connectivity index is 0.000000173. The fraction of sp³-hybridized carbons (Fsp3) is 0.156. The fourth-order valence-corrected chi connectivity index (χ4v) is 4.05. The second-order valence-electron chi connectivity index (χ2n) is 9.15. The van der Waals surface area contributed by atoms with Gasteiger partial charge in [0.25, 0.3) is 0 Å². The third-order valence-corrected chi connectivity index (χ3v) is 6.46. The van der Waals surface area contributed by atoms with Crippen molar-refractivity contribution >= 4 is 21.9 Å². The Kier molecular flexibility index (Phi) is 7.97. The molecule has 4 heterocycles. The Morgan fingerprint density at radius 1 is 0.757 bits per heavy atom. The predicted molar refractivity (Wildman–Crippen MR) is 146 cm³/mol. The topological polar surface area (TPSA) is 51.8 Å². The maximum atomic E-state index is 5.53. The zero-order valence-corrected chi connectivity index (χ0v) is 23.9. The molecule has 1 radical (unpaired) electrons. The summed E-state index contributed by atoms with van der Waals surface area (Å²) in [4.78, 5) is 13.4. The van der Waals surface area contributed by atoms with Gasteiger partial charge in [-0.1, -0.05) is 71.6 Å². The van der Waals surface area contributed by atoms with Crippen LogP contribution in [0.3, 0.4) is 0 Å². The molecule has 0 saturated heterocycles. The minimum absolute atomic E-state index is 0. The van der Waals surface area contributed by atoms with E-state index in [0.717, 1.165) is 44.4 Å². The van der Waals surface area contributed by atoms with Crippen LogP contribution in [0.1, 0.15) is 27.8 Å². The molecule has 5 heteroatoms. The van der Waals surface area contributed by atoms with Gasteiger partial charge in [-0.15, -0.1) is 41.0 Å². The molecule has 37 heavy (non-hydrogen) atoms. The van der Waals surface area contributed by atoms with E-state index in [-0.39, 0.29) is 20.1 Å². The summed E-state index contributed by atoms with van der Waals surface area (Å²) in [5, 5.41) is 1.93. The van der Waals surface area contributed by atoms with Gasteiger partial charge in [0.05, 0.1) is 5.58 Å². The molecule has 6 rings (SSSR count). The quantitative estimate of drug-likeness (QED) is 0.177. The van der Waals surface area contributed by atoms with Gasteiger partial charge in [-0.05, 0) is 38.1 Å². The number of fused-ring (bicyclic) bond motifs is 3. The van der Waals surface area contributed by atoms with E-state index < -0.39 is 0 Å². The molecule has 0 saturated carbocycles. The van der Waals surface area contributed by atoms with Gasteiger partial charge in [0.15, 0.2) is 0 Å². The Morgan fingerprint density at radius 2 is 1.57 bits per heavy atom. The second-order valence-corrected chi connectivity index (χ2v) is 9.15. The van der Waals surface area contributed by atoms with Crippen molar-refractivity contribution in [1.82, 2.24) is 15.0 Å². The van der Waals surface area contributed by atoms with Crippen LogP contribution in [-0.2, 0) is 20.1 Å². The maximum Gasteiger partial charge on any atom is 0.0847 e. The van der Waals surface area contributed by atoms with Crippen molar-refractivity contribution in [3.63, 3.8) is 0 Å². The largest absolute Gasteiger partial charge is 0.506 e. The standard InChI is InChI=1S/C17H11N2O.C15H16N.Ir/c1-11-4-7-18-15(9-11)14-10-12-5-8-20-17(12)16-13(14)3-2-6-19-16;1-10-5-6-14(7-11(10)2)15-8-12(3)13(4)9-16-15;/h2-9H,1H3;5,7-9H,1-4H3;/q2*-1;. The van der Waals surface area contributed by atoms with E-state index in [9.17, 15) is 0 Å². The van der Waals surface area contributed by atoms with Gasteiger partial charge in [0.2, 0.25) is 0 Å².